The molecule has 1 aliphatic heterocycles. The normalized spacial score (nSPS) is 20.5. The van der Waals surface area contributed by atoms with Crippen LogP contribution < -0.4 is 30.3 Å². The first-order chi connectivity index (χ1) is 15.9. The summed E-state index contributed by atoms with van der Waals surface area (Å²) in [6.07, 6.45) is 5.27. The number of urea groups is 1. The highest BCUT2D eigenvalue weighted by Gasteiger charge is 2.37. The zero-order valence-corrected chi connectivity index (χ0v) is 18.9. The third-order valence-corrected chi connectivity index (χ3v) is 6.13. The minimum Gasteiger partial charge on any atom is -0.493 e. The molecule has 2 aliphatic rings. The standard InChI is InChI=1S/C22H28F2N6O3/c1-4-29-20-12(10-26-21(28-20)27-14-7-5-13(25)6-8-14)11-30(22(29)31)19-17(23)15(32-2)9-16(33-3)18(19)24/h9-10,13-14H,4-8,11,25H2,1-3H3,(H,26,27,28). The molecule has 0 radical (unpaired) electrons. The summed E-state index contributed by atoms with van der Waals surface area (Å²) in [6, 6.07) is 0.933. The number of hydrogen-bond donors (Lipinski definition) is 2. The average molecular weight is 463 g/mol. The van der Waals surface area contributed by atoms with Gasteiger partial charge in [0.1, 0.15) is 11.5 Å². The summed E-state index contributed by atoms with van der Waals surface area (Å²) in [4.78, 5) is 24.6. The van der Waals surface area contributed by atoms with E-state index in [9.17, 15) is 4.79 Å². The maximum Gasteiger partial charge on any atom is 0.330 e. The van der Waals surface area contributed by atoms with E-state index in [1.165, 1.54) is 19.1 Å². The highest BCUT2D eigenvalue weighted by molar-refractivity contribution is 6.05. The van der Waals surface area contributed by atoms with Crippen LogP contribution in [0.2, 0.25) is 0 Å². The van der Waals surface area contributed by atoms with Crippen LogP contribution >= 0.6 is 0 Å². The molecule has 0 saturated heterocycles. The van der Waals surface area contributed by atoms with Crippen molar-refractivity contribution >= 4 is 23.5 Å². The molecule has 9 nitrogen and oxygen atoms in total. The molecule has 1 aromatic carbocycles. The predicted molar refractivity (Wildman–Crippen MR) is 120 cm³/mol. The Kier molecular flexibility index (Phi) is 6.50. The van der Waals surface area contributed by atoms with Crippen molar-refractivity contribution in [2.24, 2.45) is 5.73 Å². The van der Waals surface area contributed by atoms with Crippen molar-refractivity contribution in [2.75, 3.05) is 35.9 Å². The second-order valence-electron chi connectivity index (χ2n) is 8.17. The van der Waals surface area contributed by atoms with Gasteiger partial charge in [-0.1, -0.05) is 0 Å². The zero-order valence-electron chi connectivity index (χ0n) is 18.9. The first-order valence-corrected chi connectivity index (χ1v) is 10.9. The molecule has 1 saturated carbocycles. The summed E-state index contributed by atoms with van der Waals surface area (Å²) in [5.41, 5.74) is 6.00. The SMILES string of the molecule is CCN1C(=O)N(c2c(F)c(OC)cc(OC)c2F)Cc2cnc(NC3CCC(N)CC3)nc21. The smallest absolute Gasteiger partial charge is 0.330 e. The number of amides is 2. The summed E-state index contributed by atoms with van der Waals surface area (Å²) in [5, 5.41) is 3.32. The van der Waals surface area contributed by atoms with Crippen LogP contribution in [-0.4, -0.2) is 48.8 Å². The number of methoxy groups -OCH3 is 2. The van der Waals surface area contributed by atoms with E-state index in [4.69, 9.17) is 15.2 Å². The van der Waals surface area contributed by atoms with E-state index in [-0.39, 0.29) is 36.7 Å². The van der Waals surface area contributed by atoms with Gasteiger partial charge in [-0.3, -0.25) is 9.80 Å². The molecule has 0 spiro atoms. The third-order valence-electron chi connectivity index (χ3n) is 6.13. The molecule has 178 valence electrons. The molecule has 2 amide bonds. The minimum absolute atomic E-state index is 0.104. The first-order valence-electron chi connectivity index (χ1n) is 10.9. The van der Waals surface area contributed by atoms with Crippen molar-refractivity contribution in [3.8, 4) is 11.5 Å². The summed E-state index contributed by atoms with van der Waals surface area (Å²) in [6.45, 7) is 1.91. The number of carbonyl (C=O) groups is 1. The Morgan fingerprint density at radius 3 is 2.36 bits per heavy atom. The Balaban J connectivity index is 1.68. The lowest BCUT2D eigenvalue weighted by Gasteiger charge is -2.36. The van der Waals surface area contributed by atoms with E-state index in [0.717, 1.165) is 36.6 Å². The number of carbonyl (C=O) groups excluding carboxylic acids is 1. The Labute approximate surface area is 190 Å². The molecule has 0 unspecified atom stereocenters. The van der Waals surface area contributed by atoms with Gasteiger partial charge in [-0.25, -0.2) is 18.6 Å². The molecule has 2 aromatic rings. The number of nitrogens with one attached hydrogen (secondary N) is 1. The van der Waals surface area contributed by atoms with E-state index >= 15 is 8.78 Å². The number of rotatable bonds is 6. The fourth-order valence-electron chi connectivity index (χ4n) is 4.30. The molecule has 33 heavy (non-hydrogen) atoms. The van der Waals surface area contributed by atoms with Gasteiger partial charge >= 0.3 is 6.03 Å². The number of nitrogens with zero attached hydrogens (tertiary/aromatic N) is 4. The Morgan fingerprint density at radius 2 is 1.79 bits per heavy atom. The highest BCUT2D eigenvalue weighted by Crippen LogP contribution is 2.40. The van der Waals surface area contributed by atoms with E-state index in [2.05, 4.69) is 15.3 Å². The maximum atomic E-state index is 15.1. The average Bonchev–Trinajstić information content (AvgIpc) is 2.81. The topological polar surface area (TPSA) is 106 Å². The monoisotopic (exact) mass is 462 g/mol. The molecular weight excluding hydrogens is 434 g/mol. The third kappa shape index (κ3) is 4.24. The van der Waals surface area contributed by atoms with Crippen molar-refractivity contribution < 1.29 is 23.0 Å². The Bertz CT molecular complexity index is 1020. The molecule has 0 atom stereocenters. The van der Waals surface area contributed by atoms with Gasteiger partial charge in [0, 0.05) is 36.5 Å². The number of nitrogens with two attached hydrogens (primary N) is 1. The van der Waals surface area contributed by atoms with Crippen LogP contribution in [0.25, 0.3) is 0 Å². The van der Waals surface area contributed by atoms with E-state index in [1.807, 2.05) is 0 Å². The Hall–Kier alpha value is -3.21. The molecular formula is C22H28F2N6O3. The molecule has 1 aromatic heterocycles. The van der Waals surface area contributed by atoms with Gasteiger partial charge in [0.05, 0.1) is 20.8 Å². The van der Waals surface area contributed by atoms with Crippen LogP contribution in [-0.2, 0) is 6.54 Å². The van der Waals surface area contributed by atoms with Crippen molar-refractivity contribution in [3.63, 3.8) is 0 Å². The number of fused-ring (bicyclic) bond motifs is 1. The van der Waals surface area contributed by atoms with Gasteiger partial charge in [0.2, 0.25) is 5.95 Å². The fourth-order valence-corrected chi connectivity index (χ4v) is 4.30. The summed E-state index contributed by atoms with van der Waals surface area (Å²) in [7, 11) is 2.52. The van der Waals surface area contributed by atoms with Crippen molar-refractivity contribution in [3.05, 3.63) is 29.5 Å². The van der Waals surface area contributed by atoms with E-state index in [1.54, 1.807) is 13.1 Å². The number of ether oxygens (including phenoxy) is 2. The lowest BCUT2D eigenvalue weighted by molar-refractivity contribution is 0.249. The van der Waals surface area contributed by atoms with Crippen LogP contribution in [0, 0.1) is 11.6 Å². The quantitative estimate of drug-likeness (QED) is 0.678. The van der Waals surface area contributed by atoms with Gasteiger partial charge in [-0.05, 0) is 32.6 Å². The lowest BCUT2D eigenvalue weighted by Crippen LogP contribution is -2.48. The largest absolute Gasteiger partial charge is 0.493 e. The predicted octanol–water partition coefficient (Wildman–Crippen LogP) is 3.42. The van der Waals surface area contributed by atoms with Crippen LogP contribution in [0.4, 0.5) is 31.0 Å². The van der Waals surface area contributed by atoms with Crippen LogP contribution in [0.1, 0.15) is 38.2 Å². The molecule has 1 fully saturated rings. The number of hydrogen-bond acceptors (Lipinski definition) is 7. The second-order valence-corrected chi connectivity index (χ2v) is 8.17. The zero-order chi connectivity index (χ0) is 23.7. The first kappa shape index (κ1) is 23.0. The Morgan fingerprint density at radius 1 is 1.15 bits per heavy atom. The maximum absolute atomic E-state index is 15.1. The molecule has 11 heteroatoms. The number of halogens is 2. The second kappa shape index (κ2) is 9.34. The van der Waals surface area contributed by atoms with Crippen LogP contribution in [0.3, 0.4) is 0 Å². The number of benzene rings is 1. The van der Waals surface area contributed by atoms with E-state index in [0.29, 0.717) is 17.3 Å². The van der Waals surface area contributed by atoms with Gasteiger partial charge in [0.15, 0.2) is 23.1 Å². The van der Waals surface area contributed by atoms with Gasteiger partial charge in [-0.2, -0.15) is 4.98 Å². The molecule has 4 rings (SSSR count). The summed E-state index contributed by atoms with van der Waals surface area (Å²) < 4.78 is 40.2. The lowest BCUT2D eigenvalue weighted by atomic mass is 9.92. The van der Waals surface area contributed by atoms with Crippen molar-refractivity contribution in [1.29, 1.82) is 0 Å². The van der Waals surface area contributed by atoms with Crippen LogP contribution in [0.15, 0.2) is 12.3 Å². The van der Waals surface area contributed by atoms with Crippen LogP contribution in [0.5, 0.6) is 11.5 Å². The van der Waals surface area contributed by atoms with E-state index < -0.39 is 23.4 Å². The summed E-state index contributed by atoms with van der Waals surface area (Å²) >= 11 is 0. The molecule has 2 heterocycles. The molecule has 3 N–H and O–H groups in total. The molecule has 0 bridgehead atoms. The van der Waals surface area contributed by atoms with Gasteiger partial charge in [-0.15, -0.1) is 0 Å². The van der Waals surface area contributed by atoms with Crippen molar-refractivity contribution in [1.82, 2.24) is 9.97 Å². The van der Waals surface area contributed by atoms with Crippen molar-refractivity contribution in [2.45, 2.75) is 51.2 Å². The highest BCUT2D eigenvalue weighted by atomic mass is 19.1. The summed E-state index contributed by atoms with van der Waals surface area (Å²) in [5.74, 6) is -1.61. The molecule has 1 aliphatic carbocycles. The number of aromatic nitrogens is 2. The van der Waals surface area contributed by atoms with Gasteiger partial charge < -0.3 is 20.5 Å². The minimum atomic E-state index is -0.988. The fraction of sp³-hybridized carbons (Fsp3) is 0.500. The number of anilines is 3. The van der Waals surface area contributed by atoms with Gasteiger partial charge in [0.25, 0.3) is 0 Å².